The van der Waals surface area contributed by atoms with Gasteiger partial charge in [0.05, 0.1) is 17.6 Å². The number of nitrogens with one attached hydrogen (secondary N) is 1. The van der Waals surface area contributed by atoms with Crippen molar-refractivity contribution < 1.29 is 22.7 Å². The fourth-order valence-electron chi connectivity index (χ4n) is 5.00. The van der Waals surface area contributed by atoms with Crippen LogP contribution in [0.15, 0.2) is 66.7 Å². The van der Waals surface area contributed by atoms with Gasteiger partial charge in [0.15, 0.2) is 9.84 Å². The van der Waals surface area contributed by atoms with Crippen LogP contribution in [0, 0.1) is 17.8 Å². The van der Waals surface area contributed by atoms with Crippen LogP contribution in [-0.2, 0) is 30.6 Å². The first kappa shape index (κ1) is 33.2. The van der Waals surface area contributed by atoms with Gasteiger partial charge in [-0.3, -0.25) is 15.0 Å². The third-order valence-electron chi connectivity index (χ3n) is 6.82. The Hall–Kier alpha value is -2.97. The second kappa shape index (κ2) is 14.6. The van der Waals surface area contributed by atoms with E-state index in [4.69, 9.17) is 10.6 Å². The molecule has 8 heteroatoms. The molecule has 0 heterocycles. The van der Waals surface area contributed by atoms with Crippen LogP contribution in [0.2, 0.25) is 0 Å². The topological polar surface area (TPSA) is 116 Å². The normalized spacial score (nSPS) is 15.4. The maximum atomic E-state index is 14.6. The average Bonchev–Trinajstić information content (AvgIpc) is 2.89. The standard InChI is InChI=1S/C32H46N2O5S/c1-7-8-21-40(37,38)32(23-26-17-13-10-14-18-26,20-19-25-15-11-9-12-16-25)28(30(36)39-31(4,5)6)27(22-24(2)3)29(35)34-33/h9-20,24,27-28H,7-8,21-23,33H2,1-6H3,(H,34,35)/b20-19+/t27-,28+,32?/m1/s1. The molecule has 0 radical (unpaired) electrons. The molecule has 40 heavy (non-hydrogen) atoms. The van der Waals surface area contributed by atoms with E-state index in [-0.39, 0.29) is 24.5 Å². The lowest BCUT2D eigenvalue weighted by atomic mass is 9.73. The van der Waals surface area contributed by atoms with Crippen LogP contribution in [0.1, 0.15) is 71.9 Å². The number of carbonyl (C=O) groups excluding carboxylic acids is 2. The maximum Gasteiger partial charge on any atom is 0.312 e. The first-order valence-corrected chi connectivity index (χ1v) is 15.7. The average molecular weight is 571 g/mol. The van der Waals surface area contributed by atoms with Crippen molar-refractivity contribution in [2.75, 3.05) is 5.75 Å². The number of nitrogens with two attached hydrogens (primary N) is 1. The summed E-state index contributed by atoms with van der Waals surface area (Å²) in [5.41, 5.74) is 2.80. The molecular formula is C32H46N2O5S. The fraction of sp³-hybridized carbons (Fsp3) is 0.500. The zero-order chi connectivity index (χ0) is 30.0. The molecule has 1 amide bonds. The monoisotopic (exact) mass is 570 g/mol. The maximum absolute atomic E-state index is 14.6. The van der Waals surface area contributed by atoms with Gasteiger partial charge in [-0.1, -0.05) is 100 Å². The van der Waals surface area contributed by atoms with Crippen LogP contribution < -0.4 is 11.3 Å². The number of amides is 1. The van der Waals surface area contributed by atoms with Crippen molar-refractivity contribution in [3.63, 3.8) is 0 Å². The minimum atomic E-state index is -4.05. The van der Waals surface area contributed by atoms with Gasteiger partial charge in [-0.15, -0.1) is 0 Å². The summed E-state index contributed by atoms with van der Waals surface area (Å²) in [5.74, 6) is 1.72. The summed E-state index contributed by atoms with van der Waals surface area (Å²) in [4.78, 5) is 27.6. The molecule has 7 nitrogen and oxygen atoms in total. The molecule has 220 valence electrons. The first-order valence-electron chi connectivity index (χ1n) is 14.0. The highest BCUT2D eigenvalue weighted by molar-refractivity contribution is 7.93. The van der Waals surface area contributed by atoms with E-state index in [1.807, 2.05) is 81.4 Å². The van der Waals surface area contributed by atoms with Gasteiger partial charge in [-0.05, 0) is 57.1 Å². The van der Waals surface area contributed by atoms with Crippen molar-refractivity contribution in [1.82, 2.24) is 5.43 Å². The van der Waals surface area contributed by atoms with Crippen molar-refractivity contribution in [1.29, 1.82) is 0 Å². The van der Waals surface area contributed by atoms with E-state index in [0.29, 0.717) is 12.8 Å². The van der Waals surface area contributed by atoms with Gasteiger partial charge in [-0.25, -0.2) is 14.3 Å². The van der Waals surface area contributed by atoms with Gasteiger partial charge in [0.2, 0.25) is 5.91 Å². The van der Waals surface area contributed by atoms with Crippen molar-refractivity contribution in [3.8, 4) is 0 Å². The molecule has 2 rings (SSSR count). The second-order valence-electron chi connectivity index (χ2n) is 11.8. The van der Waals surface area contributed by atoms with E-state index in [0.717, 1.165) is 11.1 Å². The summed E-state index contributed by atoms with van der Waals surface area (Å²) < 4.78 is 33.4. The van der Waals surface area contributed by atoms with E-state index >= 15 is 0 Å². The number of hydrogen-bond acceptors (Lipinski definition) is 6. The number of hydrogen-bond donors (Lipinski definition) is 2. The number of sulfone groups is 1. The number of rotatable bonds is 14. The summed E-state index contributed by atoms with van der Waals surface area (Å²) in [6.07, 6.45) is 4.64. The summed E-state index contributed by atoms with van der Waals surface area (Å²) in [6, 6.07) is 18.5. The summed E-state index contributed by atoms with van der Waals surface area (Å²) in [5, 5.41) is 0. The molecular weight excluding hydrogens is 524 g/mol. The van der Waals surface area contributed by atoms with Crippen LogP contribution in [0.4, 0.5) is 0 Å². The molecule has 0 saturated carbocycles. The van der Waals surface area contributed by atoms with Gasteiger partial charge >= 0.3 is 5.97 Å². The van der Waals surface area contributed by atoms with Crippen molar-refractivity contribution in [2.45, 2.75) is 77.6 Å². The SMILES string of the molecule is CCCCS(=O)(=O)C(/C=C/c1ccccc1)(Cc1ccccc1)[C@H](C(=O)OC(C)(C)C)[C@@H](CC(C)C)C(=O)NN. The van der Waals surface area contributed by atoms with E-state index in [2.05, 4.69) is 5.43 Å². The molecule has 0 aliphatic rings. The Morgan fingerprint density at radius 1 is 1.00 bits per heavy atom. The summed E-state index contributed by atoms with van der Waals surface area (Å²) in [7, 11) is -4.05. The molecule has 3 atom stereocenters. The minimum Gasteiger partial charge on any atom is -0.460 e. The zero-order valence-corrected chi connectivity index (χ0v) is 25.5. The molecule has 0 aliphatic heterocycles. The van der Waals surface area contributed by atoms with Crippen LogP contribution in [0.5, 0.6) is 0 Å². The number of esters is 1. The lowest BCUT2D eigenvalue weighted by Gasteiger charge is -2.41. The molecule has 0 aliphatic carbocycles. The molecule has 1 unspecified atom stereocenters. The number of carbonyl (C=O) groups is 2. The van der Waals surface area contributed by atoms with Gasteiger partial charge in [-0.2, -0.15) is 0 Å². The molecule has 0 aromatic heterocycles. The van der Waals surface area contributed by atoms with Gasteiger partial charge in [0, 0.05) is 0 Å². The van der Waals surface area contributed by atoms with E-state index in [1.165, 1.54) is 0 Å². The van der Waals surface area contributed by atoms with E-state index < -0.39 is 43.9 Å². The van der Waals surface area contributed by atoms with Gasteiger partial charge < -0.3 is 4.74 Å². The Morgan fingerprint density at radius 3 is 2.08 bits per heavy atom. The Morgan fingerprint density at radius 2 is 1.57 bits per heavy atom. The quantitative estimate of drug-likeness (QED) is 0.134. The number of hydrazine groups is 1. The number of benzene rings is 2. The third kappa shape index (κ3) is 9.03. The van der Waals surface area contributed by atoms with Gasteiger partial charge in [0.1, 0.15) is 10.3 Å². The molecule has 0 fully saturated rings. The summed E-state index contributed by atoms with van der Waals surface area (Å²) in [6.45, 7) is 11.0. The Labute approximate surface area is 240 Å². The predicted molar refractivity (Wildman–Crippen MR) is 162 cm³/mol. The zero-order valence-electron chi connectivity index (χ0n) is 24.7. The molecule has 2 aromatic rings. The Bertz CT molecular complexity index is 1220. The lowest BCUT2D eigenvalue weighted by molar-refractivity contribution is -0.165. The van der Waals surface area contributed by atoms with Crippen LogP contribution in [0.25, 0.3) is 6.08 Å². The summed E-state index contributed by atoms with van der Waals surface area (Å²) >= 11 is 0. The Kier molecular flexibility index (Phi) is 12.1. The van der Waals surface area contributed by atoms with Crippen molar-refractivity contribution in [3.05, 3.63) is 77.9 Å². The van der Waals surface area contributed by atoms with E-state index in [1.54, 1.807) is 32.9 Å². The highest BCUT2D eigenvalue weighted by Crippen LogP contribution is 2.42. The Balaban J connectivity index is 3.02. The number of ether oxygens (including phenoxy) is 1. The largest absolute Gasteiger partial charge is 0.460 e. The molecule has 3 N–H and O–H groups in total. The molecule has 0 saturated heterocycles. The van der Waals surface area contributed by atoms with Gasteiger partial charge in [0.25, 0.3) is 0 Å². The van der Waals surface area contributed by atoms with E-state index in [9.17, 15) is 18.0 Å². The smallest absolute Gasteiger partial charge is 0.312 e. The van der Waals surface area contributed by atoms with Crippen molar-refractivity contribution in [2.24, 2.45) is 23.6 Å². The van der Waals surface area contributed by atoms with Crippen molar-refractivity contribution >= 4 is 27.8 Å². The number of unbranched alkanes of at least 4 members (excludes halogenated alkanes) is 1. The van der Waals surface area contributed by atoms with Crippen LogP contribution >= 0.6 is 0 Å². The molecule has 0 spiro atoms. The molecule has 2 aromatic carbocycles. The predicted octanol–water partition coefficient (Wildman–Crippen LogP) is 5.51. The second-order valence-corrected chi connectivity index (χ2v) is 14.2. The minimum absolute atomic E-state index is 0.0143. The lowest BCUT2D eigenvalue weighted by Crippen LogP contribution is -2.57. The first-order chi connectivity index (χ1) is 18.8. The highest BCUT2D eigenvalue weighted by atomic mass is 32.2. The molecule has 0 bridgehead atoms. The fourth-order valence-corrected chi connectivity index (χ4v) is 7.36. The van der Waals surface area contributed by atoms with Crippen LogP contribution in [0.3, 0.4) is 0 Å². The van der Waals surface area contributed by atoms with Crippen LogP contribution in [-0.4, -0.2) is 36.4 Å². The highest BCUT2D eigenvalue weighted by Gasteiger charge is 2.56. The third-order valence-corrected chi connectivity index (χ3v) is 9.34.